The Kier molecular flexibility index (Phi) is 5.92. The third-order valence-electron chi connectivity index (χ3n) is 3.19. The minimum atomic E-state index is -0.901. The molecule has 2 aromatic heterocycles. The van der Waals surface area contributed by atoms with Gasteiger partial charge < -0.3 is 14.4 Å². The van der Waals surface area contributed by atoms with Crippen molar-refractivity contribution >= 4 is 23.2 Å². The lowest BCUT2D eigenvalue weighted by atomic mass is 10.2. The topological polar surface area (TPSA) is 83.6 Å². The lowest BCUT2D eigenvalue weighted by Gasteiger charge is -2.23. The predicted octanol–water partition coefficient (Wildman–Crippen LogP) is 2.90. The summed E-state index contributed by atoms with van der Waals surface area (Å²) in [5, 5.41) is 11.5. The van der Waals surface area contributed by atoms with Crippen LogP contribution >= 0.6 is 11.3 Å². The molecule has 0 aliphatic rings. The fourth-order valence-electron chi connectivity index (χ4n) is 2.16. The Bertz CT molecular complexity index is 649. The SMILES string of the molecule is CC(C)CN(CCC(=O)O)C(=O)Cc1csc(-c2ccoc2)n1. The van der Waals surface area contributed by atoms with Gasteiger partial charge in [0.2, 0.25) is 5.91 Å². The van der Waals surface area contributed by atoms with Crippen molar-refractivity contribution in [3.8, 4) is 10.6 Å². The van der Waals surface area contributed by atoms with E-state index in [1.807, 2.05) is 25.3 Å². The molecular weight excluding hydrogens is 316 g/mol. The quantitative estimate of drug-likeness (QED) is 0.801. The molecular formula is C16H20N2O4S. The van der Waals surface area contributed by atoms with Crippen molar-refractivity contribution in [2.75, 3.05) is 13.1 Å². The monoisotopic (exact) mass is 336 g/mol. The van der Waals surface area contributed by atoms with E-state index >= 15 is 0 Å². The Morgan fingerprint density at radius 2 is 2.22 bits per heavy atom. The molecule has 0 aromatic carbocycles. The molecule has 0 atom stereocenters. The molecule has 7 heteroatoms. The number of hydrogen-bond donors (Lipinski definition) is 1. The molecule has 0 aliphatic carbocycles. The fraction of sp³-hybridized carbons (Fsp3) is 0.438. The number of amides is 1. The number of aliphatic carboxylic acids is 1. The first kappa shape index (κ1) is 17.2. The van der Waals surface area contributed by atoms with Gasteiger partial charge in [-0.15, -0.1) is 11.3 Å². The molecule has 0 unspecified atom stereocenters. The van der Waals surface area contributed by atoms with Gasteiger partial charge in [-0.05, 0) is 12.0 Å². The molecule has 0 fully saturated rings. The minimum Gasteiger partial charge on any atom is -0.481 e. The van der Waals surface area contributed by atoms with Crippen molar-refractivity contribution in [1.29, 1.82) is 0 Å². The zero-order valence-electron chi connectivity index (χ0n) is 13.2. The Morgan fingerprint density at radius 1 is 1.43 bits per heavy atom. The van der Waals surface area contributed by atoms with Crippen molar-refractivity contribution in [3.05, 3.63) is 29.7 Å². The average molecular weight is 336 g/mol. The van der Waals surface area contributed by atoms with Gasteiger partial charge in [-0.2, -0.15) is 0 Å². The number of aromatic nitrogens is 1. The maximum atomic E-state index is 12.4. The maximum Gasteiger partial charge on any atom is 0.305 e. The van der Waals surface area contributed by atoms with Crippen LogP contribution < -0.4 is 0 Å². The Morgan fingerprint density at radius 3 is 2.83 bits per heavy atom. The van der Waals surface area contributed by atoms with E-state index in [0.29, 0.717) is 12.2 Å². The fourth-order valence-corrected chi connectivity index (χ4v) is 2.97. The summed E-state index contributed by atoms with van der Waals surface area (Å²) in [5.74, 6) is -0.712. The Hall–Kier alpha value is -2.15. The van der Waals surface area contributed by atoms with Crippen LogP contribution in [0, 0.1) is 5.92 Å². The molecule has 0 saturated heterocycles. The number of carbonyl (C=O) groups is 2. The minimum absolute atomic E-state index is 0.0458. The normalized spacial score (nSPS) is 10.9. The number of hydrogen-bond acceptors (Lipinski definition) is 5. The molecule has 6 nitrogen and oxygen atoms in total. The second-order valence-corrected chi connectivity index (χ2v) is 6.57. The highest BCUT2D eigenvalue weighted by atomic mass is 32.1. The number of thiazole rings is 1. The lowest BCUT2D eigenvalue weighted by molar-refractivity contribution is -0.138. The molecule has 2 rings (SSSR count). The maximum absolute atomic E-state index is 12.4. The zero-order valence-corrected chi connectivity index (χ0v) is 14.0. The summed E-state index contributed by atoms with van der Waals surface area (Å²) < 4.78 is 5.03. The largest absolute Gasteiger partial charge is 0.481 e. The Labute approximate surface area is 138 Å². The number of carboxylic acid groups (broad SMARTS) is 1. The summed E-state index contributed by atoms with van der Waals surface area (Å²) in [6, 6.07) is 1.82. The number of carbonyl (C=O) groups excluding carboxylic acids is 1. The molecule has 0 radical (unpaired) electrons. The molecule has 2 heterocycles. The van der Waals surface area contributed by atoms with E-state index < -0.39 is 5.97 Å². The van der Waals surface area contributed by atoms with Crippen LogP contribution in [-0.4, -0.2) is 40.0 Å². The van der Waals surface area contributed by atoms with E-state index in [4.69, 9.17) is 9.52 Å². The van der Waals surface area contributed by atoms with Crippen LogP contribution in [0.1, 0.15) is 26.0 Å². The van der Waals surface area contributed by atoms with Gasteiger partial charge in [-0.25, -0.2) is 4.98 Å². The van der Waals surface area contributed by atoms with Gasteiger partial charge in [0, 0.05) is 24.0 Å². The van der Waals surface area contributed by atoms with Crippen molar-refractivity contribution in [2.45, 2.75) is 26.7 Å². The zero-order chi connectivity index (χ0) is 16.8. The van der Waals surface area contributed by atoms with Crippen LogP contribution in [0.2, 0.25) is 0 Å². The first-order valence-corrected chi connectivity index (χ1v) is 8.30. The smallest absolute Gasteiger partial charge is 0.305 e. The molecule has 23 heavy (non-hydrogen) atoms. The molecule has 124 valence electrons. The van der Waals surface area contributed by atoms with Crippen LogP contribution in [0.3, 0.4) is 0 Å². The number of carboxylic acids is 1. The van der Waals surface area contributed by atoms with Gasteiger partial charge in [0.05, 0.1) is 24.8 Å². The summed E-state index contributed by atoms with van der Waals surface area (Å²) in [6.07, 6.45) is 3.33. The van der Waals surface area contributed by atoms with E-state index in [1.54, 1.807) is 17.4 Å². The third kappa shape index (κ3) is 5.21. The summed E-state index contributed by atoms with van der Waals surface area (Å²) >= 11 is 1.46. The van der Waals surface area contributed by atoms with E-state index in [1.165, 1.54) is 11.3 Å². The van der Waals surface area contributed by atoms with Crippen molar-refractivity contribution in [3.63, 3.8) is 0 Å². The second-order valence-electron chi connectivity index (χ2n) is 5.71. The highest BCUT2D eigenvalue weighted by Gasteiger charge is 2.18. The number of rotatable bonds is 8. The van der Waals surface area contributed by atoms with Gasteiger partial charge >= 0.3 is 5.97 Å². The summed E-state index contributed by atoms with van der Waals surface area (Å²) in [7, 11) is 0. The number of nitrogens with zero attached hydrogens (tertiary/aromatic N) is 2. The van der Waals surface area contributed by atoms with E-state index in [0.717, 1.165) is 10.6 Å². The first-order chi connectivity index (χ1) is 11.0. The Balaban J connectivity index is 2.01. The highest BCUT2D eigenvalue weighted by Crippen LogP contribution is 2.24. The van der Waals surface area contributed by atoms with Gasteiger partial charge in [0.1, 0.15) is 11.3 Å². The van der Waals surface area contributed by atoms with Gasteiger partial charge in [0.15, 0.2) is 0 Å². The van der Waals surface area contributed by atoms with Crippen molar-refractivity contribution in [1.82, 2.24) is 9.88 Å². The highest BCUT2D eigenvalue weighted by molar-refractivity contribution is 7.13. The second kappa shape index (κ2) is 7.92. The number of furan rings is 1. The van der Waals surface area contributed by atoms with Gasteiger partial charge in [-0.1, -0.05) is 13.8 Å². The van der Waals surface area contributed by atoms with Gasteiger partial charge in [-0.3, -0.25) is 9.59 Å². The van der Waals surface area contributed by atoms with Crippen LogP contribution in [0.25, 0.3) is 10.6 Å². The molecule has 1 N–H and O–H groups in total. The molecule has 0 spiro atoms. The summed E-state index contributed by atoms with van der Waals surface area (Å²) in [6.45, 7) is 4.78. The van der Waals surface area contributed by atoms with E-state index in [9.17, 15) is 9.59 Å². The molecule has 1 amide bonds. The standard InChI is InChI=1S/C16H20N2O4S/c1-11(2)8-18(5-3-15(20)21)14(19)7-13-10-23-16(17-13)12-4-6-22-9-12/h4,6,9-11H,3,5,7-8H2,1-2H3,(H,20,21). The third-order valence-corrected chi connectivity index (χ3v) is 4.13. The predicted molar refractivity (Wildman–Crippen MR) is 87.2 cm³/mol. The average Bonchev–Trinajstić information content (AvgIpc) is 3.13. The van der Waals surface area contributed by atoms with Crippen LogP contribution in [0.5, 0.6) is 0 Å². The van der Waals surface area contributed by atoms with Crippen LogP contribution in [0.4, 0.5) is 0 Å². The molecule has 0 saturated carbocycles. The van der Waals surface area contributed by atoms with Crippen LogP contribution in [0.15, 0.2) is 28.4 Å². The molecule has 0 bridgehead atoms. The van der Waals surface area contributed by atoms with Crippen LogP contribution in [-0.2, 0) is 16.0 Å². The van der Waals surface area contributed by atoms with E-state index in [-0.39, 0.29) is 31.2 Å². The summed E-state index contributed by atoms with van der Waals surface area (Å²) in [5.41, 5.74) is 1.58. The lowest BCUT2D eigenvalue weighted by Crippen LogP contribution is -2.37. The van der Waals surface area contributed by atoms with E-state index in [2.05, 4.69) is 4.98 Å². The van der Waals surface area contributed by atoms with Crippen molar-refractivity contribution < 1.29 is 19.1 Å². The first-order valence-electron chi connectivity index (χ1n) is 7.42. The molecule has 2 aromatic rings. The summed E-state index contributed by atoms with van der Waals surface area (Å²) in [4.78, 5) is 29.2. The van der Waals surface area contributed by atoms with Gasteiger partial charge in [0.25, 0.3) is 0 Å². The van der Waals surface area contributed by atoms with Crippen molar-refractivity contribution in [2.24, 2.45) is 5.92 Å². The molecule has 0 aliphatic heterocycles.